The minimum Gasteiger partial charge on any atom is -0.477 e. The van der Waals surface area contributed by atoms with Gasteiger partial charge in [-0.25, -0.2) is 14.4 Å². The Kier molecular flexibility index (Phi) is 23.5. The molecule has 0 aliphatic rings. The first-order valence-electron chi connectivity index (χ1n) is 16.9. The van der Waals surface area contributed by atoms with E-state index >= 15 is 0 Å². The largest absolute Gasteiger partial charge is 0.477 e. The van der Waals surface area contributed by atoms with Crippen molar-refractivity contribution in [3.05, 3.63) is 12.2 Å². The smallest absolute Gasteiger partial charge is 0.362 e. The van der Waals surface area contributed by atoms with Crippen molar-refractivity contribution in [2.45, 2.75) is 181 Å². The molecule has 7 nitrogen and oxygen atoms in total. The number of allylic oxidation sites excluding steroid dienone is 2. The van der Waals surface area contributed by atoms with Gasteiger partial charge in [0.15, 0.2) is 18.1 Å². The number of carboxylic acids is 3. The van der Waals surface area contributed by atoms with Crippen LogP contribution in [-0.4, -0.2) is 62.4 Å². The fraction of sp³-hybridized carbons (Fsp3) is 0.853. The summed E-state index contributed by atoms with van der Waals surface area (Å²) in [5, 5.41) is 30.1. The normalized spacial score (nSPS) is 15.4. The van der Waals surface area contributed by atoms with Crippen LogP contribution in [0.5, 0.6) is 0 Å². The van der Waals surface area contributed by atoms with E-state index in [2.05, 4.69) is 19.1 Å². The second-order valence-corrected chi connectivity index (χ2v) is 11.9. The third-order valence-electron chi connectivity index (χ3n) is 8.81. The fourth-order valence-electron chi connectivity index (χ4n) is 6.62. The lowest BCUT2D eigenvalue weighted by Gasteiger charge is -2.49. The molecular weight excluding hydrogens is 518 g/mol. The van der Waals surface area contributed by atoms with E-state index in [0.29, 0.717) is 6.42 Å². The highest BCUT2D eigenvalue weighted by molar-refractivity contribution is 5.78. The van der Waals surface area contributed by atoms with Crippen molar-refractivity contribution in [2.75, 3.05) is 6.54 Å². The molecule has 0 spiro atoms. The second-order valence-electron chi connectivity index (χ2n) is 11.9. The number of hydrogen-bond acceptors (Lipinski definition) is 3. The Labute approximate surface area is 251 Å². The number of carboxylic acid groups (broad SMARTS) is 3. The first-order valence-corrected chi connectivity index (χ1v) is 16.9. The van der Waals surface area contributed by atoms with Crippen LogP contribution in [0.3, 0.4) is 0 Å². The maximum atomic E-state index is 12.3. The quantitative estimate of drug-likeness (QED) is 0.0461. The first kappa shape index (κ1) is 39.1. The van der Waals surface area contributed by atoms with E-state index in [-0.39, 0.29) is 25.8 Å². The van der Waals surface area contributed by atoms with Crippen LogP contribution in [0.4, 0.5) is 0 Å². The molecule has 0 aromatic carbocycles. The highest BCUT2D eigenvalue weighted by Crippen LogP contribution is 2.32. The molecule has 0 heterocycles. The lowest BCUT2D eigenvalue weighted by Crippen LogP contribution is -2.72. The lowest BCUT2D eigenvalue weighted by molar-refractivity contribution is -0.973. The van der Waals surface area contributed by atoms with Gasteiger partial charge in [0, 0.05) is 19.3 Å². The highest BCUT2D eigenvalue weighted by atomic mass is 16.4. The standard InChI is InChI=1S/C34H63NO6/c1-5-9-10-11-12-13-14-15-16-17-18-19-20-21-22-23-24-25-26-27-28-35(29(6-2)32(36)37,30(7-3)33(38)39)31(8-4)34(40)41/h18-19,29-31H,5-17,20-28H2,1-4H3,(H2-,36,37,38,39,40,41)/p+1/b19-18+. The number of nitrogens with zero attached hydrogens (tertiary/aromatic N) is 1. The van der Waals surface area contributed by atoms with Gasteiger partial charge in [0.25, 0.3) is 0 Å². The van der Waals surface area contributed by atoms with Gasteiger partial charge in [-0.15, -0.1) is 0 Å². The third-order valence-corrected chi connectivity index (χ3v) is 8.81. The predicted octanol–water partition coefficient (Wildman–Crippen LogP) is 8.99. The summed E-state index contributed by atoms with van der Waals surface area (Å²) >= 11 is 0. The summed E-state index contributed by atoms with van der Waals surface area (Å²) < 4.78 is -0.408. The molecule has 0 aromatic heterocycles. The van der Waals surface area contributed by atoms with Gasteiger partial charge in [-0.2, -0.15) is 0 Å². The zero-order chi connectivity index (χ0) is 30.9. The molecule has 3 N–H and O–H groups in total. The Morgan fingerprint density at radius 2 is 0.780 bits per heavy atom. The van der Waals surface area contributed by atoms with Crippen LogP contribution in [0.15, 0.2) is 12.2 Å². The highest BCUT2D eigenvalue weighted by Gasteiger charge is 2.55. The minimum atomic E-state index is -1.12. The number of rotatable bonds is 29. The molecule has 0 amide bonds. The first-order chi connectivity index (χ1) is 19.7. The zero-order valence-electron chi connectivity index (χ0n) is 27.0. The predicted molar refractivity (Wildman–Crippen MR) is 168 cm³/mol. The topological polar surface area (TPSA) is 112 Å². The molecule has 0 aromatic rings. The Hall–Kier alpha value is -1.89. The Balaban J connectivity index is 4.46. The van der Waals surface area contributed by atoms with E-state index in [1.165, 1.54) is 77.0 Å². The number of hydrogen-bond donors (Lipinski definition) is 3. The summed E-state index contributed by atoms with van der Waals surface area (Å²) in [5.41, 5.74) is 0. The summed E-state index contributed by atoms with van der Waals surface area (Å²) in [5.74, 6) is -3.35. The minimum absolute atomic E-state index is 0.191. The van der Waals surface area contributed by atoms with E-state index in [0.717, 1.165) is 32.1 Å². The summed E-state index contributed by atoms with van der Waals surface area (Å²) in [7, 11) is 0. The number of quaternary nitrogens is 1. The SMILES string of the molecule is CCCCCCCCCCC/C=C/CCCCCCCCC[N+](C(CC)C(=O)O)(C(CC)C(=O)O)C(CC)C(=O)O. The van der Waals surface area contributed by atoms with Crippen molar-refractivity contribution in [3.63, 3.8) is 0 Å². The van der Waals surface area contributed by atoms with Crippen LogP contribution in [0, 0.1) is 0 Å². The van der Waals surface area contributed by atoms with E-state index in [1.807, 2.05) is 0 Å². The van der Waals surface area contributed by atoms with Crippen LogP contribution in [0.25, 0.3) is 0 Å². The van der Waals surface area contributed by atoms with E-state index < -0.39 is 40.5 Å². The molecule has 0 aliphatic carbocycles. The van der Waals surface area contributed by atoms with Gasteiger partial charge >= 0.3 is 17.9 Å². The van der Waals surface area contributed by atoms with Gasteiger partial charge in [-0.05, 0) is 38.5 Å². The monoisotopic (exact) mass is 582 g/mol. The Morgan fingerprint density at radius 3 is 1.07 bits per heavy atom. The van der Waals surface area contributed by atoms with Crippen LogP contribution >= 0.6 is 0 Å². The third kappa shape index (κ3) is 15.2. The van der Waals surface area contributed by atoms with Gasteiger partial charge in [-0.1, -0.05) is 117 Å². The molecule has 0 bridgehead atoms. The molecule has 0 fully saturated rings. The second kappa shape index (κ2) is 24.7. The van der Waals surface area contributed by atoms with Crippen molar-refractivity contribution >= 4 is 17.9 Å². The van der Waals surface area contributed by atoms with Crippen molar-refractivity contribution in [1.82, 2.24) is 0 Å². The zero-order valence-corrected chi connectivity index (χ0v) is 27.0. The summed E-state index contributed by atoms with van der Waals surface area (Å²) in [6.07, 6.45) is 26.9. The maximum absolute atomic E-state index is 12.3. The number of unbranched alkanes of at least 4 members (excludes halogenated alkanes) is 16. The summed E-state index contributed by atoms with van der Waals surface area (Å²) in [6.45, 7) is 7.65. The molecule has 0 aliphatic heterocycles. The van der Waals surface area contributed by atoms with Gasteiger partial charge in [0.2, 0.25) is 0 Å². The molecule has 7 heteroatoms. The van der Waals surface area contributed by atoms with Crippen molar-refractivity contribution in [3.8, 4) is 0 Å². The van der Waals surface area contributed by atoms with Crippen molar-refractivity contribution in [1.29, 1.82) is 0 Å². The Morgan fingerprint density at radius 1 is 0.488 bits per heavy atom. The van der Waals surface area contributed by atoms with E-state index in [1.54, 1.807) is 20.8 Å². The molecule has 41 heavy (non-hydrogen) atoms. The maximum Gasteiger partial charge on any atom is 0.362 e. The fourth-order valence-corrected chi connectivity index (χ4v) is 6.62. The average molecular weight is 583 g/mol. The molecule has 0 rings (SSSR count). The van der Waals surface area contributed by atoms with Crippen LogP contribution in [0.1, 0.15) is 163 Å². The van der Waals surface area contributed by atoms with Crippen LogP contribution in [-0.2, 0) is 14.4 Å². The number of carbonyl (C=O) groups is 3. The van der Waals surface area contributed by atoms with E-state index in [9.17, 15) is 29.7 Å². The van der Waals surface area contributed by atoms with Crippen molar-refractivity contribution in [2.24, 2.45) is 0 Å². The van der Waals surface area contributed by atoms with Crippen LogP contribution < -0.4 is 0 Å². The summed E-state index contributed by atoms with van der Waals surface area (Å²) in [4.78, 5) is 36.8. The Bertz CT molecular complexity index is 667. The average Bonchev–Trinajstić information content (AvgIpc) is 2.92. The van der Waals surface area contributed by atoms with Crippen LogP contribution in [0.2, 0.25) is 0 Å². The van der Waals surface area contributed by atoms with Gasteiger partial charge < -0.3 is 15.3 Å². The molecule has 0 saturated heterocycles. The van der Waals surface area contributed by atoms with E-state index in [4.69, 9.17) is 0 Å². The molecular formula is C34H64NO6+. The summed E-state index contributed by atoms with van der Waals surface area (Å²) in [6, 6.07) is -3.19. The van der Waals surface area contributed by atoms with Crippen molar-refractivity contribution < 1.29 is 34.2 Å². The van der Waals surface area contributed by atoms with Gasteiger partial charge in [0.05, 0.1) is 6.54 Å². The molecule has 3 atom stereocenters. The molecule has 0 saturated carbocycles. The molecule has 0 radical (unpaired) electrons. The van der Waals surface area contributed by atoms with Gasteiger partial charge in [0.1, 0.15) is 0 Å². The van der Waals surface area contributed by atoms with Gasteiger partial charge in [-0.3, -0.25) is 4.48 Å². The molecule has 240 valence electrons. The number of aliphatic carboxylic acids is 3. The molecule has 3 unspecified atom stereocenters. The lowest BCUT2D eigenvalue weighted by atomic mass is 9.93.